The van der Waals surface area contributed by atoms with Gasteiger partial charge in [-0.2, -0.15) is 0 Å². The van der Waals surface area contributed by atoms with Crippen molar-refractivity contribution in [3.05, 3.63) is 321 Å². The van der Waals surface area contributed by atoms with Gasteiger partial charge in [-0.15, -0.1) is 23.5 Å². The summed E-state index contributed by atoms with van der Waals surface area (Å²) in [5.41, 5.74) is 9.78. The molecule has 0 unspecified atom stereocenters. The average molecular weight is 1160 g/mol. The number of benzene rings is 9. The quantitative estimate of drug-likeness (QED) is 0.0170. The highest BCUT2D eigenvalue weighted by Gasteiger charge is 2.38. The summed E-state index contributed by atoms with van der Waals surface area (Å²) < 4.78 is 32.4. The monoisotopic (exact) mass is 1160 g/mol. The third-order valence-electron chi connectivity index (χ3n) is 13.7. The third-order valence-corrected chi connectivity index (χ3v) is 16.7. The van der Waals surface area contributed by atoms with Gasteiger partial charge in [-0.3, -0.25) is 0 Å². The minimum Gasteiger partial charge on any atom is -0.461 e. The van der Waals surface area contributed by atoms with Gasteiger partial charge in [-0.05, 0) is 88.0 Å². The number of hydrogen-bond acceptors (Lipinski definition) is 11. The lowest BCUT2D eigenvalue weighted by Gasteiger charge is -2.35. The minimum atomic E-state index is -0.584. The van der Waals surface area contributed by atoms with Gasteiger partial charge in [0.2, 0.25) is 0 Å². The van der Waals surface area contributed by atoms with Crippen LogP contribution in [0, 0.1) is 23.7 Å². The number of carbonyl (C=O) groups excluding carboxylic acids is 3. The molecule has 0 aromatic heterocycles. The molecule has 0 N–H and O–H groups in total. The Morgan fingerprint density at radius 2 is 0.612 bits per heavy atom. The predicted octanol–water partition coefficient (Wildman–Crippen LogP) is 14.1. The maximum atomic E-state index is 13.6. The van der Waals surface area contributed by atoms with E-state index in [1.165, 1.54) is 0 Å². The van der Waals surface area contributed by atoms with Crippen molar-refractivity contribution in [2.45, 2.75) is 9.49 Å². The lowest BCUT2D eigenvalue weighted by atomic mass is 9.84. The van der Waals surface area contributed by atoms with Gasteiger partial charge >= 0.3 is 17.9 Å². The molecule has 0 aliphatic carbocycles. The van der Waals surface area contributed by atoms with Gasteiger partial charge < -0.3 is 28.4 Å². The lowest BCUT2D eigenvalue weighted by molar-refractivity contribution is 0.00569. The zero-order valence-electron chi connectivity index (χ0n) is 47.2. The maximum absolute atomic E-state index is 13.6. The lowest BCUT2D eigenvalue weighted by Crippen LogP contribution is -2.27. The molecule has 0 saturated carbocycles. The van der Waals surface area contributed by atoms with Gasteiger partial charge in [-0.1, -0.05) is 218 Å². The van der Waals surface area contributed by atoms with Gasteiger partial charge in [0.25, 0.3) is 0 Å². The Balaban J connectivity index is 0.883. The predicted molar refractivity (Wildman–Crippen MR) is 339 cm³/mol. The van der Waals surface area contributed by atoms with Crippen LogP contribution in [-0.2, 0) is 37.9 Å². The first-order valence-corrected chi connectivity index (χ1v) is 30.0. The SMILES string of the molecule is COCCOCCOCCOC(=O)c1cc(C#Cc2cccc(C(=O)OCCSC(c3ccccc3)(c3ccccc3)c3ccccc3)c2)cc(C#Cc2cccc(C(=O)OCCSC(c3ccccc3)(c3ccccc3)c3ccccc3)c2)c1. The number of carbonyl (C=O) groups is 3. The normalized spacial score (nSPS) is 11.1. The van der Waals surface area contributed by atoms with E-state index in [9.17, 15) is 14.4 Å². The zero-order valence-corrected chi connectivity index (χ0v) is 48.9. The first-order chi connectivity index (χ1) is 41.9. The fraction of sp³-hybridized carbons (Fsp3) is 0.176. The standard InChI is InChI=1S/C74H64O9S2/c1-78-42-43-79-44-45-80-46-47-81-72(77)63-55-59(40-38-57-22-20-24-61(53-57)70(75)82-48-50-84-73(64-26-8-2-9-27-64,65-28-10-3-11-29-65)66-30-12-4-13-31-66)52-60(56-63)41-39-58-23-21-25-62(54-58)71(76)83-49-51-85-74(67-32-14-5-15-33-67,68-34-16-6-17-35-68)69-36-18-7-19-37-69/h2-37,52-56H,42-51H2,1H3. The topological polar surface area (TPSA) is 107 Å². The molecule has 0 atom stereocenters. The van der Waals surface area contributed by atoms with E-state index in [1.54, 1.807) is 97.4 Å². The average Bonchev–Trinajstić information content (AvgIpc) is 1.66. The van der Waals surface area contributed by atoms with E-state index in [-0.39, 0.29) is 32.0 Å². The van der Waals surface area contributed by atoms with E-state index in [1.807, 2.05) is 109 Å². The number of thioether (sulfide) groups is 2. The molecular formula is C74H64O9S2. The Hall–Kier alpha value is -8.91. The van der Waals surface area contributed by atoms with Crippen LogP contribution in [0.3, 0.4) is 0 Å². The Morgan fingerprint density at radius 3 is 0.965 bits per heavy atom. The Morgan fingerprint density at radius 1 is 0.318 bits per heavy atom. The van der Waals surface area contributed by atoms with Crippen molar-refractivity contribution in [1.82, 2.24) is 0 Å². The van der Waals surface area contributed by atoms with Crippen LogP contribution in [0.4, 0.5) is 0 Å². The highest BCUT2D eigenvalue weighted by atomic mass is 32.2. The molecule has 0 heterocycles. The Bertz CT molecular complexity index is 3290. The molecule has 9 rings (SSSR count). The minimum absolute atomic E-state index is 0.0128. The summed E-state index contributed by atoms with van der Waals surface area (Å²) >= 11 is 3.44. The fourth-order valence-electron chi connectivity index (χ4n) is 9.73. The molecule has 0 amide bonds. The fourth-order valence-corrected chi connectivity index (χ4v) is 12.5. The summed E-state index contributed by atoms with van der Waals surface area (Å²) in [6, 6.07) is 81.3. The molecule has 0 aliphatic heterocycles. The summed E-state index contributed by atoms with van der Waals surface area (Å²) in [5.74, 6) is 12.2. The van der Waals surface area contributed by atoms with Crippen LogP contribution in [0.2, 0.25) is 0 Å². The van der Waals surface area contributed by atoms with Gasteiger partial charge in [-0.25, -0.2) is 14.4 Å². The summed E-state index contributed by atoms with van der Waals surface area (Å²) in [7, 11) is 1.61. The smallest absolute Gasteiger partial charge is 0.338 e. The van der Waals surface area contributed by atoms with Crippen LogP contribution >= 0.6 is 23.5 Å². The zero-order chi connectivity index (χ0) is 58.8. The highest BCUT2D eigenvalue weighted by Crippen LogP contribution is 2.49. The van der Waals surface area contributed by atoms with Crippen LogP contribution in [-0.4, -0.2) is 89.4 Å². The molecule has 0 radical (unpaired) electrons. The molecule has 0 aliphatic rings. The second-order valence-electron chi connectivity index (χ2n) is 19.3. The van der Waals surface area contributed by atoms with Crippen LogP contribution in [0.15, 0.2) is 249 Å². The second-order valence-corrected chi connectivity index (χ2v) is 22.0. The van der Waals surface area contributed by atoms with Crippen molar-refractivity contribution < 1.29 is 42.8 Å². The van der Waals surface area contributed by atoms with Crippen molar-refractivity contribution in [3.8, 4) is 23.7 Å². The van der Waals surface area contributed by atoms with Gasteiger partial charge in [0, 0.05) is 40.9 Å². The molecule has 85 heavy (non-hydrogen) atoms. The summed E-state index contributed by atoms with van der Waals surface area (Å²) in [5, 5.41) is 0. The summed E-state index contributed by atoms with van der Waals surface area (Å²) in [4.78, 5) is 40.9. The molecule has 0 spiro atoms. The van der Waals surface area contributed by atoms with E-state index in [0.29, 0.717) is 71.3 Å². The van der Waals surface area contributed by atoms with E-state index in [4.69, 9.17) is 28.4 Å². The molecule has 9 aromatic carbocycles. The van der Waals surface area contributed by atoms with Crippen molar-refractivity contribution in [2.24, 2.45) is 0 Å². The maximum Gasteiger partial charge on any atom is 0.338 e. The molecule has 0 fully saturated rings. The highest BCUT2D eigenvalue weighted by molar-refractivity contribution is 8.00. The summed E-state index contributed by atoms with van der Waals surface area (Å²) in [6.07, 6.45) is 0. The van der Waals surface area contributed by atoms with E-state index >= 15 is 0 Å². The molecule has 9 nitrogen and oxygen atoms in total. The van der Waals surface area contributed by atoms with Crippen molar-refractivity contribution in [2.75, 3.05) is 71.5 Å². The van der Waals surface area contributed by atoms with Crippen molar-refractivity contribution in [3.63, 3.8) is 0 Å². The van der Waals surface area contributed by atoms with Crippen LogP contribution < -0.4 is 0 Å². The molecule has 426 valence electrons. The number of rotatable bonds is 26. The number of ether oxygens (including phenoxy) is 6. The van der Waals surface area contributed by atoms with Gasteiger partial charge in [0.05, 0.1) is 59.2 Å². The van der Waals surface area contributed by atoms with Gasteiger partial charge in [0.15, 0.2) is 0 Å². The molecule has 9 aromatic rings. The number of methoxy groups -OCH3 is 1. The Labute approximate surface area is 507 Å². The van der Waals surface area contributed by atoms with Crippen molar-refractivity contribution in [1.29, 1.82) is 0 Å². The second kappa shape index (κ2) is 31.7. The number of esters is 3. The van der Waals surface area contributed by atoms with Crippen LogP contribution in [0.1, 0.15) is 86.7 Å². The third kappa shape index (κ3) is 16.5. The first kappa shape index (κ1) is 60.7. The van der Waals surface area contributed by atoms with E-state index in [0.717, 1.165) is 33.4 Å². The van der Waals surface area contributed by atoms with Crippen LogP contribution in [0.25, 0.3) is 0 Å². The Kier molecular flexibility index (Phi) is 22.6. The molecule has 0 bridgehead atoms. The van der Waals surface area contributed by atoms with Crippen molar-refractivity contribution >= 4 is 41.4 Å². The molecular weight excluding hydrogens is 1100 g/mol. The van der Waals surface area contributed by atoms with Crippen LogP contribution in [0.5, 0.6) is 0 Å². The molecule has 11 heteroatoms. The largest absolute Gasteiger partial charge is 0.461 e. The van der Waals surface area contributed by atoms with Gasteiger partial charge in [0.1, 0.15) is 19.8 Å². The van der Waals surface area contributed by atoms with E-state index in [2.05, 4.69) is 96.5 Å². The van der Waals surface area contributed by atoms with E-state index < -0.39 is 27.4 Å². The molecule has 0 saturated heterocycles. The summed E-state index contributed by atoms with van der Waals surface area (Å²) in [6.45, 7) is 2.19. The first-order valence-electron chi connectivity index (χ1n) is 28.0. The number of hydrogen-bond donors (Lipinski definition) is 0.